The largest absolute Gasteiger partial charge is 0.494 e. The fourth-order valence-electron chi connectivity index (χ4n) is 3.89. The second-order valence-corrected chi connectivity index (χ2v) is 9.39. The molecule has 2 unspecified atom stereocenters. The van der Waals surface area contributed by atoms with Crippen LogP contribution in [0.2, 0.25) is 0 Å². The Bertz CT molecular complexity index is 1300. The van der Waals surface area contributed by atoms with Crippen molar-refractivity contribution in [1.82, 2.24) is 15.6 Å². The van der Waals surface area contributed by atoms with Crippen molar-refractivity contribution in [3.63, 3.8) is 0 Å². The molecule has 0 saturated carbocycles. The van der Waals surface area contributed by atoms with Gasteiger partial charge in [-0.15, -0.1) is 0 Å². The van der Waals surface area contributed by atoms with Crippen LogP contribution in [0.5, 0.6) is 17.4 Å². The van der Waals surface area contributed by atoms with Crippen LogP contribution in [0.25, 0.3) is 0 Å². The molecule has 36 heavy (non-hydrogen) atoms. The van der Waals surface area contributed by atoms with E-state index in [-0.39, 0.29) is 40.7 Å². The van der Waals surface area contributed by atoms with Crippen LogP contribution in [0.4, 0.5) is 8.78 Å². The summed E-state index contributed by atoms with van der Waals surface area (Å²) >= 11 is 0.661. The minimum atomic E-state index is -1.16. The number of aromatic nitrogens is 1. The quantitative estimate of drug-likeness (QED) is 0.293. The fourth-order valence-corrected chi connectivity index (χ4v) is 4.62. The van der Waals surface area contributed by atoms with Crippen LogP contribution >= 0.6 is 11.3 Å². The van der Waals surface area contributed by atoms with E-state index in [4.69, 9.17) is 4.74 Å². The summed E-state index contributed by atoms with van der Waals surface area (Å²) in [6, 6.07) is 6.72. The van der Waals surface area contributed by atoms with Gasteiger partial charge < -0.3 is 25.6 Å². The number of carboxylic acid groups (broad SMARTS) is 1. The molecule has 1 amide bonds. The summed E-state index contributed by atoms with van der Waals surface area (Å²) in [6.45, 7) is 0.715. The Balaban J connectivity index is 1.40. The molecule has 9 nitrogen and oxygen atoms in total. The average Bonchev–Trinajstić information content (AvgIpc) is 3.46. The van der Waals surface area contributed by atoms with Crippen molar-refractivity contribution in [1.29, 1.82) is 0 Å². The van der Waals surface area contributed by atoms with E-state index in [1.165, 1.54) is 12.1 Å². The molecule has 0 radical (unpaired) electrons. The first-order valence-electron chi connectivity index (χ1n) is 11.1. The number of halogens is 2. The number of amides is 1. The molecule has 1 aliphatic heterocycles. The lowest BCUT2D eigenvalue weighted by Crippen LogP contribution is -2.49. The molecule has 0 aliphatic carbocycles. The first-order valence-corrected chi connectivity index (χ1v) is 11.9. The first-order chi connectivity index (χ1) is 17.2. The highest BCUT2D eigenvalue weighted by atomic mass is 32.1. The zero-order valence-electron chi connectivity index (χ0n) is 18.8. The fraction of sp³-hybridized carbons (Fsp3) is 0.292. The van der Waals surface area contributed by atoms with E-state index in [1.807, 2.05) is 0 Å². The number of nitrogens with one attached hydrogen (secondary N) is 3. The zero-order chi connectivity index (χ0) is 25.8. The van der Waals surface area contributed by atoms with Crippen LogP contribution in [0.1, 0.15) is 28.8 Å². The summed E-state index contributed by atoms with van der Waals surface area (Å²) < 4.78 is 34.6. The maximum absolute atomic E-state index is 14.6. The second-order valence-electron chi connectivity index (χ2n) is 8.33. The number of H-pyrrole nitrogens is 1. The molecule has 190 valence electrons. The summed E-state index contributed by atoms with van der Waals surface area (Å²) in [6.07, 6.45) is 1.25. The number of aliphatic carboxylic acids is 1. The summed E-state index contributed by atoms with van der Waals surface area (Å²) in [7, 11) is 0. The van der Waals surface area contributed by atoms with Gasteiger partial charge in [0.25, 0.3) is 0 Å². The number of carbonyl (C=O) groups is 2. The number of carboxylic acids is 1. The molecule has 5 N–H and O–H groups in total. The van der Waals surface area contributed by atoms with Gasteiger partial charge in [0.15, 0.2) is 0 Å². The lowest BCUT2D eigenvalue weighted by Gasteiger charge is -2.18. The van der Waals surface area contributed by atoms with E-state index in [0.717, 1.165) is 18.6 Å². The van der Waals surface area contributed by atoms with E-state index in [1.54, 1.807) is 12.1 Å². The summed E-state index contributed by atoms with van der Waals surface area (Å²) in [4.78, 5) is 36.9. The molecular formula is C24H23F2N3O6S. The molecule has 0 spiro atoms. The van der Waals surface area contributed by atoms with Crippen LogP contribution in [0.15, 0.2) is 41.2 Å². The molecule has 2 aromatic carbocycles. The van der Waals surface area contributed by atoms with Crippen molar-refractivity contribution >= 4 is 23.2 Å². The van der Waals surface area contributed by atoms with E-state index in [0.29, 0.717) is 29.9 Å². The molecule has 3 aromatic rings. The van der Waals surface area contributed by atoms with Gasteiger partial charge >= 0.3 is 10.8 Å². The molecule has 2 heterocycles. The van der Waals surface area contributed by atoms with Crippen LogP contribution < -0.4 is 20.2 Å². The zero-order valence-corrected chi connectivity index (χ0v) is 19.7. The predicted molar refractivity (Wildman–Crippen MR) is 127 cm³/mol. The number of aromatic hydroxyl groups is 1. The Morgan fingerprint density at radius 2 is 1.86 bits per heavy atom. The predicted octanol–water partition coefficient (Wildman–Crippen LogP) is 2.67. The molecule has 1 aliphatic rings. The molecule has 0 bridgehead atoms. The highest BCUT2D eigenvalue weighted by Gasteiger charge is 2.27. The molecule has 1 saturated heterocycles. The second kappa shape index (κ2) is 10.9. The Hall–Kier alpha value is -3.77. The average molecular weight is 520 g/mol. The number of benzene rings is 2. The molecule has 1 aromatic heterocycles. The van der Waals surface area contributed by atoms with Gasteiger partial charge in [-0.3, -0.25) is 14.6 Å². The SMILES string of the molecule is O=C(O)C(Cc1ccc(Oc2cc(F)c(Cc3sc(=O)[nH]c3O)c(F)c2)cc1)NC(=O)C1CCCN1. The molecule has 2 atom stereocenters. The van der Waals surface area contributed by atoms with Crippen LogP contribution in [0, 0.1) is 11.6 Å². The molecule has 4 rings (SSSR count). The van der Waals surface area contributed by atoms with Gasteiger partial charge in [0.1, 0.15) is 29.2 Å². The molecule has 12 heteroatoms. The molecule has 1 fully saturated rings. The number of hydrogen-bond donors (Lipinski definition) is 5. The number of thiazole rings is 1. The van der Waals surface area contributed by atoms with Crippen molar-refractivity contribution in [2.24, 2.45) is 0 Å². The minimum Gasteiger partial charge on any atom is -0.494 e. The third kappa shape index (κ3) is 6.07. The van der Waals surface area contributed by atoms with Gasteiger partial charge in [-0.2, -0.15) is 0 Å². The maximum atomic E-state index is 14.6. The monoisotopic (exact) mass is 519 g/mol. The topological polar surface area (TPSA) is 141 Å². The van der Waals surface area contributed by atoms with Crippen molar-refractivity contribution in [2.75, 3.05) is 6.54 Å². The maximum Gasteiger partial charge on any atom is 0.326 e. The van der Waals surface area contributed by atoms with Gasteiger partial charge in [-0.1, -0.05) is 23.5 Å². The Kier molecular flexibility index (Phi) is 7.65. The smallest absolute Gasteiger partial charge is 0.326 e. The van der Waals surface area contributed by atoms with E-state index in [9.17, 15) is 33.4 Å². The number of rotatable bonds is 9. The first kappa shape index (κ1) is 25.3. The van der Waals surface area contributed by atoms with Gasteiger partial charge in [0, 0.05) is 30.5 Å². The summed E-state index contributed by atoms with van der Waals surface area (Å²) in [5.41, 5.74) is 0.297. The number of carbonyl (C=O) groups excluding carboxylic acids is 1. The van der Waals surface area contributed by atoms with Crippen molar-refractivity contribution in [2.45, 2.75) is 37.8 Å². The van der Waals surface area contributed by atoms with E-state index < -0.39 is 40.4 Å². The Labute approximate surface area is 207 Å². The summed E-state index contributed by atoms with van der Waals surface area (Å²) in [5, 5.41) is 24.7. The number of ether oxygens (including phenoxy) is 1. The lowest BCUT2D eigenvalue weighted by atomic mass is 10.0. The lowest BCUT2D eigenvalue weighted by molar-refractivity contribution is -0.142. The van der Waals surface area contributed by atoms with Crippen molar-refractivity contribution in [3.05, 3.63) is 73.7 Å². The van der Waals surface area contributed by atoms with Crippen LogP contribution in [-0.4, -0.2) is 45.7 Å². The van der Waals surface area contributed by atoms with Gasteiger partial charge in [-0.25, -0.2) is 13.6 Å². The Morgan fingerprint density at radius 3 is 2.42 bits per heavy atom. The van der Waals surface area contributed by atoms with Gasteiger partial charge in [0.2, 0.25) is 11.8 Å². The standard InChI is InChI=1S/C24H23F2N3O6S/c25-16-9-14(10-17(26)15(16)11-20-22(31)29-24(34)36-20)35-13-5-3-12(4-6-13)8-19(23(32)33)28-21(30)18-2-1-7-27-18/h3-6,9-10,18-19,27,31H,1-2,7-8,11H2,(H,28,30)(H,29,34)(H,32,33). The number of hydrogen-bond acceptors (Lipinski definition) is 7. The van der Waals surface area contributed by atoms with Crippen LogP contribution in [0.3, 0.4) is 0 Å². The van der Waals surface area contributed by atoms with Crippen molar-refractivity contribution < 1.29 is 33.3 Å². The van der Waals surface area contributed by atoms with Gasteiger partial charge in [0.05, 0.1) is 10.9 Å². The molecular weight excluding hydrogens is 496 g/mol. The third-order valence-electron chi connectivity index (χ3n) is 5.74. The third-order valence-corrected chi connectivity index (χ3v) is 6.61. The van der Waals surface area contributed by atoms with E-state index in [2.05, 4.69) is 15.6 Å². The van der Waals surface area contributed by atoms with Crippen LogP contribution in [-0.2, 0) is 22.4 Å². The van der Waals surface area contributed by atoms with Gasteiger partial charge in [-0.05, 0) is 37.1 Å². The van der Waals surface area contributed by atoms with Crippen molar-refractivity contribution in [3.8, 4) is 17.4 Å². The highest BCUT2D eigenvalue weighted by Crippen LogP contribution is 2.29. The minimum absolute atomic E-state index is 0.0457. The Morgan fingerprint density at radius 1 is 1.17 bits per heavy atom. The normalized spacial score (nSPS) is 16.0. The highest BCUT2D eigenvalue weighted by molar-refractivity contribution is 7.09. The van der Waals surface area contributed by atoms with E-state index >= 15 is 0 Å². The number of aromatic amines is 1. The summed E-state index contributed by atoms with van der Waals surface area (Å²) in [5.74, 6) is -3.59.